The summed E-state index contributed by atoms with van der Waals surface area (Å²) < 4.78 is 10.6. The normalized spacial score (nSPS) is 16.9. The number of hydrogen-bond donors (Lipinski definition) is 1. The number of aliphatic hydroxyl groups is 1. The van der Waals surface area contributed by atoms with Gasteiger partial charge >= 0.3 is 0 Å². The van der Waals surface area contributed by atoms with Crippen molar-refractivity contribution in [2.24, 2.45) is 0 Å². The number of Topliss-reactive ketones (excluding diaryl/α,β-unsaturated/α-hetero) is 1. The lowest BCUT2D eigenvalue weighted by atomic mass is 9.95. The van der Waals surface area contributed by atoms with Crippen LogP contribution < -0.4 is 14.4 Å². The Bertz CT molecular complexity index is 1300. The Hall–Kier alpha value is -4.66. The molecule has 3 aromatic carbocycles. The number of benzene rings is 3. The van der Waals surface area contributed by atoms with Gasteiger partial charge in [0.25, 0.3) is 17.4 Å². The smallest absolute Gasteiger partial charge is 0.300 e. The number of rotatable bonds is 7. The Kier molecular flexibility index (Phi) is 6.50. The SMILES string of the molecule is CCOc1ccc(C(O)=C2C(=O)C(=O)N(c3ccc(OC)cc3)[C@@H]2c2ccc([N+](=O)[O-])cc2)cc1. The number of anilines is 1. The molecule has 0 spiro atoms. The molecule has 0 radical (unpaired) electrons. The van der Waals surface area contributed by atoms with E-state index in [2.05, 4.69) is 0 Å². The number of carbonyl (C=O) groups is 2. The lowest BCUT2D eigenvalue weighted by Gasteiger charge is -2.25. The number of nitro groups is 1. The van der Waals surface area contributed by atoms with Crippen LogP contribution in [0, 0.1) is 10.1 Å². The maximum absolute atomic E-state index is 13.2. The number of ketones is 1. The van der Waals surface area contributed by atoms with E-state index in [1.165, 1.54) is 36.3 Å². The summed E-state index contributed by atoms with van der Waals surface area (Å²) in [6.45, 7) is 2.32. The minimum Gasteiger partial charge on any atom is -0.507 e. The molecule has 1 aliphatic rings. The number of non-ortho nitro benzene ring substituents is 1. The Labute approximate surface area is 201 Å². The van der Waals surface area contributed by atoms with Crippen LogP contribution in [-0.4, -0.2) is 35.4 Å². The zero-order valence-corrected chi connectivity index (χ0v) is 19.0. The maximum atomic E-state index is 13.2. The molecule has 1 aliphatic heterocycles. The van der Waals surface area contributed by atoms with Gasteiger partial charge in [-0.25, -0.2) is 0 Å². The van der Waals surface area contributed by atoms with Crippen molar-refractivity contribution >= 4 is 28.8 Å². The zero-order valence-electron chi connectivity index (χ0n) is 19.0. The van der Waals surface area contributed by atoms with E-state index in [9.17, 15) is 24.8 Å². The lowest BCUT2D eigenvalue weighted by Crippen LogP contribution is -2.29. The highest BCUT2D eigenvalue weighted by Gasteiger charge is 2.47. The number of carbonyl (C=O) groups excluding carboxylic acids is 2. The number of aliphatic hydroxyl groups excluding tert-OH is 1. The van der Waals surface area contributed by atoms with Crippen molar-refractivity contribution in [3.8, 4) is 11.5 Å². The van der Waals surface area contributed by atoms with Crippen molar-refractivity contribution in [3.05, 3.63) is 99.6 Å². The molecular weight excluding hydrogens is 452 g/mol. The Balaban J connectivity index is 1.87. The van der Waals surface area contributed by atoms with Gasteiger partial charge in [0.2, 0.25) is 0 Å². The van der Waals surface area contributed by atoms with E-state index in [1.807, 2.05) is 6.92 Å². The average molecular weight is 474 g/mol. The van der Waals surface area contributed by atoms with E-state index in [0.29, 0.717) is 34.9 Å². The fourth-order valence-corrected chi connectivity index (χ4v) is 3.97. The Morgan fingerprint density at radius 2 is 1.57 bits per heavy atom. The monoisotopic (exact) mass is 474 g/mol. The van der Waals surface area contributed by atoms with E-state index >= 15 is 0 Å². The molecule has 1 saturated heterocycles. The molecule has 0 bridgehead atoms. The largest absolute Gasteiger partial charge is 0.507 e. The number of methoxy groups -OCH3 is 1. The van der Waals surface area contributed by atoms with Gasteiger partial charge in [0, 0.05) is 23.4 Å². The molecule has 0 unspecified atom stereocenters. The third-order valence-electron chi connectivity index (χ3n) is 5.65. The Morgan fingerprint density at radius 3 is 2.11 bits per heavy atom. The molecule has 3 aromatic rings. The van der Waals surface area contributed by atoms with E-state index in [-0.39, 0.29) is 17.0 Å². The molecule has 9 heteroatoms. The van der Waals surface area contributed by atoms with Crippen LogP contribution in [0.3, 0.4) is 0 Å². The number of nitro benzene ring substituents is 1. The highest BCUT2D eigenvalue weighted by molar-refractivity contribution is 6.51. The molecule has 0 aromatic heterocycles. The molecule has 1 fully saturated rings. The first-order valence-corrected chi connectivity index (χ1v) is 10.8. The summed E-state index contributed by atoms with van der Waals surface area (Å²) in [7, 11) is 1.51. The summed E-state index contributed by atoms with van der Waals surface area (Å²) in [6.07, 6.45) is 0. The van der Waals surface area contributed by atoms with Crippen LogP contribution in [0.4, 0.5) is 11.4 Å². The third kappa shape index (κ3) is 4.43. The minimum atomic E-state index is -1.00. The van der Waals surface area contributed by atoms with Gasteiger partial charge in [-0.05, 0) is 73.2 Å². The Morgan fingerprint density at radius 1 is 0.971 bits per heavy atom. The lowest BCUT2D eigenvalue weighted by molar-refractivity contribution is -0.384. The fourth-order valence-electron chi connectivity index (χ4n) is 3.97. The van der Waals surface area contributed by atoms with Gasteiger partial charge in [0.05, 0.1) is 30.3 Å². The van der Waals surface area contributed by atoms with Gasteiger partial charge in [0.1, 0.15) is 17.3 Å². The summed E-state index contributed by atoms with van der Waals surface area (Å²) in [5.41, 5.74) is 0.902. The summed E-state index contributed by atoms with van der Waals surface area (Å²) in [6, 6.07) is 17.5. The summed E-state index contributed by atoms with van der Waals surface area (Å²) >= 11 is 0. The van der Waals surface area contributed by atoms with Crippen LogP contribution in [0.2, 0.25) is 0 Å². The van der Waals surface area contributed by atoms with Crippen LogP contribution in [0.25, 0.3) is 5.76 Å². The van der Waals surface area contributed by atoms with Gasteiger partial charge in [0.15, 0.2) is 0 Å². The molecule has 1 N–H and O–H groups in total. The highest BCUT2D eigenvalue weighted by atomic mass is 16.6. The van der Waals surface area contributed by atoms with Crippen molar-refractivity contribution < 1.29 is 29.1 Å². The first-order valence-electron chi connectivity index (χ1n) is 10.8. The van der Waals surface area contributed by atoms with Gasteiger partial charge in [-0.3, -0.25) is 24.6 Å². The number of ether oxygens (including phenoxy) is 2. The molecule has 4 rings (SSSR count). The fraction of sp³-hybridized carbons (Fsp3) is 0.154. The predicted octanol–water partition coefficient (Wildman–Crippen LogP) is 4.63. The standard InChI is InChI=1S/C26H22N2O7/c1-3-35-21-12-6-17(7-13-21)24(29)22-23(16-4-8-19(9-5-16)28(32)33)27(26(31)25(22)30)18-10-14-20(34-2)15-11-18/h4-15,23,29H,3H2,1-2H3/t23-/m1/s1. The van der Waals surface area contributed by atoms with Gasteiger partial charge in [-0.15, -0.1) is 0 Å². The molecule has 178 valence electrons. The zero-order chi connectivity index (χ0) is 25.1. The van der Waals surface area contributed by atoms with E-state index in [0.717, 1.165) is 0 Å². The van der Waals surface area contributed by atoms with E-state index in [4.69, 9.17) is 9.47 Å². The number of nitrogens with zero attached hydrogens (tertiary/aromatic N) is 2. The molecule has 1 atom stereocenters. The molecule has 0 aliphatic carbocycles. The predicted molar refractivity (Wildman–Crippen MR) is 128 cm³/mol. The van der Waals surface area contributed by atoms with Crippen LogP contribution in [0.15, 0.2) is 78.4 Å². The average Bonchev–Trinajstić information content (AvgIpc) is 3.14. The van der Waals surface area contributed by atoms with Crippen LogP contribution in [0.5, 0.6) is 11.5 Å². The maximum Gasteiger partial charge on any atom is 0.300 e. The number of amides is 1. The van der Waals surface area contributed by atoms with Crippen LogP contribution in [-0.2, 0) is 9.59 Å². The van der Waals surface area contributed by atoms with Crippen LogP contribution >= 0.6 is 0 Å². The van der Waals surface area contributed by atoms with Crippen molar-refractivity contribution in [2.45, 2.75) is 13.0 Å². The second-order valence-corrected chi connectivity index (χ2v) is 7.67. The van der Waals surface area contributed by atoms with Gasteiger partial charge in [-0.1, -0.05) is 0 Å². The molecule has 1 amide bonds. The second kappa shape index (κ2) is 9.68. The highest BCUT2D eigenvalue weighted by Crippen LogP contribution is 2.42. The second-order valence-electron chi connectivity index (χ2n) is 7.67. The third-order valence-corrected chi connectivity index (χ3v) is 5.65. The van der Waals surface area contributed by atoms with E-state index < -0.39 is 22.7 Å². The quantitative estimate of drug-likeness (QED) is 0.174. The van der Waals surface area contributed by atoms with Gasteiger partial charge < -0.3 is 14.6 Å². The summed E-state index contributed by atoms with van der Waals surface area (Å²) in [4.78, 5) is 38.2. The van der Waals surface area contributed by atoms with Crippen molar-refractivity contribution in [1.82, 2.24) is 0 Å². The topological polar surface area (TPSA) is 119 Å². The van der Waals surface area contributed by atoms with Crippen molar-refractivity contribution in [2.75, 3.05) is 18.6 Å². The first-order chi connectivity index (χ1) is 16.8. The summed E-state index contributed by atoms with van der Waals surface area (Å²) in [5, 5.41) is 22.3. The molecule has 35 heavy (non-hydrogen) atoms. The summed E-state index contributed by atoms with van der Waals surface area (Å²) in [5.74, 6) is -0.895. The van der Waals surface area contributed by atoms with Crippen molar-refractivity contribution in [1.29, 1.82) is 0 Å². The molecule has 9 nitrogen and oxygen atoms in total. The van der Waals surface area contributed by atoms with Crippen LogP contribution in [0.1, 0.15) is 24.1 Å². The first kappa shape index (κ1) is 23.5. The molecule has 1 heterocycles. The number of hydrogen-bond acceptors (Lipinski definition) is 7. The van der Waals surface area contributed by atoms with Gasteiger partial charge in [-0.2, -0.15) is 0 Å². The molecule has 0 saturated carbocycles. The minimum absolute atomic E-state index is 0.121. The van der Waals surface area contributed by atoms with Crippen molar-refractivity contribution in [3.63, 3.8) is 0 Å². The van der Waals surface area contributed by atoms with E-state index in [1.54, 1.807) is 48.5 Å². The molecular formula is C26H22N2O7.